The maximum atomic E-state index is 13.6. The first-order valence-electron chi connectivity index (χ1n) is 19.7. The summed E-state index contributed by atoms with van der Waals surface area (Å²) < 4.78 is 39.8. The van der Waals surface area contributed by atoms with E-state index in [1.54, 1.807) is 20.8 Å². The monoisotopic (exact) mass is 805 g/mol. The van der Waals surface area contributed by atoms with E-state index in [2.05, 4.69) is 79.2 Å². The molecular weight excluding hydrogens is 745 g/mol. The number of carbonyl (C=O) groups excluding carboxylic acids is 1. The number of rotatable bonds is 17. The van der Waals surface area contributed by atoms with Gasteiger partial charge in [-0.3, -0.25) is 14.3 Å². The molecule has 2 aromatic carbocycles. The van der Waals surface area contributed by atoms with Crippen LogP contribution in [-0.4, -0.2) is 94.1 Å². The van der Waals surface area contributed by atoms with E-state index < -0.39 is 55.2 Å². The molecule has 1 fully saturated rings. The molecule has 0 spiro atoms. The second kappa shape index (κ2) is 20.4. The topological polar surface area (TPSA) is 164 Å². The summed E-state index contributed by atoms with van der Waals surface area (Å²) in [5.74, 6) is -0.179. The van der Waals surface area contributed by atoms with Gasteiger partial charge in [-0.25, -0.2) is 9.59 Å². The minimum Gasteiger partial charge on any atom is -0.560 e. The van der Waals surface area contributed by atoms with Crippen LogP contribution >= 0.6 is 0 Å². The van der Waals surface area contributed by atoms with Crippen LogP contribution in [-0.2, 0) is 28.0 Å². The number of ether oxygens (including phenoxy) is 4. The molecule has 1 aliphatic rings. The Kier molecular flexibility index (Phi) is 16.2. The molecule has 0 saturated carbocycles. The van der Waals surface area contributed by atoms with Gasteiger partial charge >= 0.3 is 19.8 Å². The molecule has 57 heavy (non-hydrogen) atoms. The highest BCUT2D eigenvalue weighted by Crippen LogP contribution is 2.43. The van der Waals surface area contributed by atoms with Crippen molar-refractivity contribution < 1.29 is 32.8 Å². The van der Waals surface area contributed by atoms with Crippen molar-refractivity contribution in [2.75, 3.05) is 26.4 Å². The van der Waals surface area contributed by atoms with Gasteiger partial charge in [0.2, 0.25) is 5.96 Å². The van der Waals surface area contributed by atoms with Crippen LogP contribution in [0, 0.1) is 0 Å². The second-order valence-electron chi connectivity index (χ2n) is 16.1. The standard InChI is InChI=1S/C41H60BN5O9Si/c1-9-11-25-51-27-41(28-54-57(40(6,7)8,30-19-15-13-16-20-30)31-21-17-14-18-22-31)34(52-26-12-10-2)33(35(55-41)47-24-23-32(48)44-37(47)49)45-36(43-29-53-42)46-38(50)56-39(3,4)5/h13-24,29,33-35H,9-12,25-28,42H2,1-8H3,(H,44,48,49)(H,45,46,50). The highest BCUT2D eigenvalue weighted by atomic mass is 28.4. The number of unbranched alkanes of at least 4 members (excludes halogenated alkanes) is 2. The Balaban J connectivity index is 1.98. The van der Waals surface area contributed by atoms with Crippen LogP contribution in [0.25, 0.3) is 0 Å². The zero-order valence-corrected chi connectivity index (χ0v) is 35.9. The number of nitrogens with zero attached hydrogens (tertiary/aromatic N) is 3. The van der Waals surface area contributed by atoms with Crippen molar-refractivity contribution in [3.63, 3.8) is 0 Å². The average Bonchev–Trinajstić information content (AvgIpc) is 3.44. The maximum absolute atomic E-state index is 13.6. The van der Waals surface area contributed by atoms with Crippen LogP contribution in [0.4, 0.5) is 4.79 Å². The van der Waals surface area contributed by atoms with Crippen LogP contribution in [0.5, 0.6) is 0 Å². The molecule has 1 saturated heterocycles. The molecule has 310 valence electrons. The van der Waals surface area contributed by atoms with Crippen molar-refractivity contribution in [2.24, 2.45) is 9.98 Å². The van der Waals surface area contributed by atoms with E-state index in [1.807, 2.05) is 36.4 Å². The highest BCUT2D eigenvalue weighted by molar-refractivity contribution is 6.99. The Bertz CT molecular complexity index is 1860. The first kappa shape index (κ1) is 45.4. The number of amides is 1. The third-order valence-electron chi connectivity index (χ3n) is 9.53. The molecule has 4 atom stereocenters. The number of carbonyl (C=O) groups is 1. The summed E-state index contributed by atoms with van der Waals surface area (Å²) in [7, 11) is -1.76. The summed E-state index contributed by atoms with van der Waals surface area (Å²) in [6.45, 7) is 16.7. The number of H-pyrrole nitrogens is 1. The van der Waals surface area contributed by atoms with Crippen molar-refractivity contribution in [2.45, 2.75) is 116 Å². The fraction of sp³-hybridized carbons (Fsp3) is 0.537. The van der Waals surface area contributed by atoms with Crippen molar-refractivity contribution in [1.29, 1.82) is 0 Å². The van der Waals surface area contributed by atoms with Gasteiger partial charge in [-0.05, 0) is 49.0 Å². The Labute approximate surface area is 338 Å². The fourth-order valence-corrected chi connectivity index (χ4v) is 11.6. The molecule has 2 N–H and O–H groups in total. The van der Waals surface area contributed by atoms with Crippen molar-refractivity contribution in [3.8, 4) is 0 Å². The Hall–Kier alpha value is -4.35. The van der Waals surface area contributed by atoms with E-state index in [1.165, 1.54) is 24.9 Å². The average molecular weight is 806 g/mol. The van der Waals surface area contributed by atoms with E-state index in [4.69, 9.17) is 28.0 Å². The van der Waals surface area contributed by atoms with Gasteiger partial charge in [0.05, 0.1) is 13.2 Å². The summed E-state index contributed by atoms with van der Waals surface area (Å²) >= 11 is 0. The summed E-state index contributed by atoms with van der Waals surface area (Å²) in [6, 6.07) is 20.8. The zero-order chi connectivity index (χ0) is 41.7. The van der Waals surface area contributed by atoms with Crippen LogP contribution in [0.1, 0.15) is 87.3 Å². The molecule has 16 heteroatoms. The number of aromatic nitrogens is 2. The van der Waals surface area contributed by atoms with Crippen molar-refractivity contribution in [1.82, 2.24) is 14.9 Å². The van der Waals surface area contributed by atoms with E-state index >= 15 is 0 Å². The minimum absolute atomic E-state index is 0.0180. The van der Waals surface area contributed by atoms with Crippen molar-refractivity contribution in [3.05, 3.63) is 93.8 Å². The van der Waals surface area contributed by atoms with E-state index in [0.29, 0.717) is 13.2 Å². The maximum Gasteiger partial charge on any atom is 0.437 e. The molecule has 0 bridgehead atoms. The van der Waals surface area contributed by atoms with E-state index in [0.717, 1.165) is 42.5 Å². The lowest BCUT2D eigenvalue weighted by molar-refractivity contribution is -0.168. The molecule has 2 heterocycles. The van der Waals surface area contributed by atoms with Gasteiger partial charge in [0.15, 0.2) is 12.6 Å². The number of aliphatic imine (C=N–C) groups is 2. The lowest BCUT2D eigenvalue weighted by atomic mass is 9.94. The van der Waals surface area contributed by atoms with Crippen LogP contribution < -0.4 is 26.9 Å². The van der Waals surface area contributed by atoms with Gasteiger partial charge < -0.3 is 33.3 Å². The lowest BCUT2D eigenvalue weighted by Crippen LogP contribution is -2.68. The number of aromatic amines is 1. The summed E-state index contributed by atoms with van der Waals surface area (Å²) in [5.41, 5.74) is -3.49. The second-order valence-corrected chi connectivity index (χ2v) is 20.5. The number of hydrogen-bond donors (Lipinski definition) is 2. The van der Waals surface area contributed by atoms with Crippen LogP contribution in [0.15, 0.2) is 92.5 Å². The molecule has 4 rings (SSSR count). The predicted octanol–water partition coefficient (Wildman–Crippen LogP) is 4.23. The van der Waals surface area contributed by atoms with Gasteiger partial charge in [-0.2, -0.15) is 4.99 Å². The molecule has 3 aromatic rings. The zero-order valence-electron chi connectivity index (χ0n) is 34.9. The van der Waals surface area contributed by atoms with Gasteiger partial charge in [0.1, 0.15) is 23.3 Å². The van der Waals surface area contributed by atoms with Crippen molar-refractivity contribution >= 4 is 45.2 Å². The number of guanidine groups is 1. The third kappa shape index (κ3) is 11.6. The lowest BCUT2D eigenvalue weighted by Gasteiger charge is -2.45. The largest absolute Gasteiger partial charge is 0.560 e. The van der Waals surface area contributed by atoms with E-state index in [9.17, 15) is 14.4 Å². The normalized spacial score (nSPS) is 20.5. The van der Waals surface area contributed by atoms with Gasteiger partial charge in [0, 0.05) is 25.5 Å². The van der Waals surface area contributed by atoms with Gasteiger partial charge in [-0.15, -0.1) is 4.99 Å². The molecule has 4 unspecified atom stereocenters. The first-order chi connectivity index (χ1) is 27.1. The smallest absolute Gasteiger partial charge is 0.437 e. The first-order valence-corrected chi connectivity index (χ1v) is 21.6. The fourth-order valence-electron chi connectivity index (χ4n) is 6.95. The van der Waals surface area contributed by atoms with Crippen LogP contribution in [0.3, 0.4) is 0 Å². The molecule has 1 aliphatic heterocycles. The molecule has 0 aliphatic carbocycles. The molecular formula is C41H60BN5O9Si. The Morgan fingerprint density at radius 2 is 1.56 bits per heavy atom. The Morgan fingerprint density at radius 3 is 2.11 bits per heavy atom. The van der Waals surface area contributed by atoms with Gasteiger partial charge in [-0.1, -0.05) is 108 Å². The van der Waals surface area contributed by atoms with Crippen LogP contribution in [0.2, 0.25) is 5.04 Å². The highest BCUT2D eigenvalue weighted by Gasteiger charge is 2.60. The summed E-state index contributed by atoms with van der Waals surface area (Å²) in [6.07, 6.45) is 2.81. The third-order valence-corrected chi connectivity index (χ3v) is 14.5. The van der Waals surface area contributed by atoms with E-state index in [-0.39, 0.29) is 24.2 Å². The molecule has 1 amide bonds. The molecule has 1 aromatic heterocycles. The quantitative estimate of drug-likeness (QED) is 0.0874. The number of hydrogen-bond acceptors (Lipinski definition) is 9. The SMILES string of the molecule is BOC=N/C(=N\C(=O)OC(C)(C)C)NC1C(n2ccc(=O)[nH]c2=O)OC(COCCCC)(CO[Si](c2ccccc2)(c2ccccc2)C(C)(C)C)C1OCCCC. The number of nitrogens with one attached hydrogen (secondary N) is 2. The summed E-state index contributed by atoms with van der Waals surface area (Å²) in [5, 5.41) is 5.00. The van der Waals surface area contributed by atoms with Gasteiger partial charge in [0.25, 0.3) is 13.9 Å². The molecule has 0 radical (unpaired) electrons. The summed E-state index contributed by atoms with van der Waals surface area (Å²) in [4.78, 5) is 49.8. The number of benzene rings is 2. The minimum atomic E-state index is -3.17. The molecule has 14 nitrogen and oxygen atoms in total. The Morgan fingerprint density at radius 1 is 0.947 bits per heavy atom. The predicted molar refractivity (Wildman–Crippen MR) is 227 cm³/mol.